The lowest BCUT2D eigenvalue weighted by Crippen LogP contribution is -2.53. The van der Waals surface area contributed by atoms with Gasteiger partial charge in [0.05, 0.1) is 7.11 Å². The molecule has 1 atom stereocenters. The van der Waals surface area contributed by atoms with Gasteiger partial charge in [-0.1, -0.05) is 48.5 Å². The second-order valence-electron chi connectivity index (χ2n) is 7.99. The molecule has 9 nitrogen and oxygen atoms in total. The van der Waals surface area contributed by atoms with Crippen LogP contribution in [-0.2, 0) is 22.6 Å². The molecule has 0 bridgehead atoms. The quantitative estimate of drug-likeness (QED) is 0.284. The summed E-state index contributed by atoms with van der Waals surface area (Å²) in [7, 11) is 1.53. The molecule has 0 saturated heterocycles. The second kappa shape index (κ2) is 11.6. The van der Waals surface area contributed by atoms with Gasteiger partial charge in [-0.15, -0.1) is 0 Å². The lowest BCUT2D eigenvalue weighted by atomic mass is 10.0. The number of carbonyl (C=O) groups excluding carboxylic acids is 3. The molecule has 3 aromatic carbocycles. The van der Waals surface area contributed by atoms with Crippen LogP contribution < -0.4 is 20.9 Å². The SMILES string of the molecule is COc1ccc(C(=O)NNC(=O)[C@H](Cc2c[nH]c3ccccc23)NC(=O)OCc2ccccc2)cc1. The minimum atomic E-state index is -1.01. The molecule has 1 aromatic heterocycles. The molecule has 0 spiro atoms. The number of methoxy groups -OCH3 is 1. The molecular weight excluding hydrogens is 460 g/mol. The maximum Gasteiger partial charge on any atom is 0.408 e. The predicted octanol–water partition coefficient (Wildman–Crippen LogP) is 3.48. The summed E-state index contributed by atoms with van der Waals surface area (Å²) in [5.41, 5.74) is 7.67. The monoisotopic (exact) mass is 486 g/mol. The molecule has 0 unspecified atom stereocenters. The molecule has 4 aromatic rings. The fourth-order valence-electron chi connectivity index (χ4n) is 3.66. The first-order chi connectivity index (χ1) is 17.5. The zero-order valence-electron chi connectivity index (χ0n) is 19.6. The summed E-state index contributed by atoms with van der Waals surface area (Å²) in [6.07, 6.45) is 1.22. The Morgan fingerprint density at radius 1 is 0.889 bits per heavy atom. The van der Waals surface area contributed by atoms with E-state index < -0.39 is 23.9 Å². The standard InChI is InChI=1S/C27H26N4O5/c1-35-21-13-11-19(12-14-21)25(32)30-31-26(33)24(15-20-16-28-23-10-6-5-9-22(20)23)29-27(34)36-17-18-7-3-2-4-8-18/h2-14,16,24,28H,15,17H2,1H3,(H,29,34)(H,30,32)(H,31,33)/t24-/m0/s1. The van der Waals surface area contributed by atoms with Crippen LogP contribution in [0.5, 0.6) is 5.75 Å². The van der Waals surface area contributed by atoms with Crippen molar-refractivity contribution in [3.05, 3.63) is 102 Å². The van der Waals surface area contributed by atoms with E-state index >= 15 is 0 Å². The van der Waals surface area contributed by atoms with Gasteiger partial charge in [-0.05, 0) is 41.5 Å². The van der Waals surface area contributed by atoms with Crippen molar-refractivity contribution in [3.63, 3.8) is 0 Å². The third-order valence-electron chi connectivity index (χ3n) is 5.57. The van der Waals surface area contributed by atoms with Crippen LogP contribution in [0.1, 0.15) is 21.5 Å². The van der Waals surface area contributed by atoms with E-state index in [1.165, 1.54) is 7.11 Å². The Hall–Kier alpha value is -4.79. The molecule has 0 saturated carbocycles. The Balaban J connectivity index is 1.43. The molecule has 36 heavy (non-hydrogen) atoms. The molecule has 3 amide bonds. The van der Waals surface area contributed by atoms with Crippen LogP contribution in [0.4, 0.5) is 4.79 Å². The number of H-pyrrole nitrogens is 1. The highest BCUT2D eigenvalue weighted by Crippen LogP contribution is 2.19. The summed E-state index contributed by atoms with van der Waals surface area (Å²) in [5, 5.41) is 3.54. The molecule has 0 aliphatic heterocycles. The molecule has 0 aliphatic rings. The maximum absolute atomic E-state index is 13.0. The van der Waals surface area contributed by atoms with Gasteiger partial charge in [0.1, 0.15) is 18.4 Å². The van der Waals surface area contributed by atoms with Crippen LogP contribution in [0, 0.1) is 0 Å². The number of hydrazine groups is 1. The van der Waals surface area contributed by atoms with Crippen molar-refractivity contribution < 1.29 is 23.9 Å². The van der Waals surface area contributed by atoms with Crippen molar-refractivity contribution in [2.75, 3.05) is 7.11 Å². The Morgan fingerprint density at radius 2 is 1.61 bits per heavy atom. The number of fused-ring (bicyclic) bond motifs is 1. The molecular formula is C27H26N4O5. The number of aromatic nitrogens is 1. The van der Waals surface area contributed by atoms with E-state index in [1.807, 2.05) is 54.6 Å². The van der Waals surface area contributed by atoms with Crippen LogP contribution in [0.2, 0.25) is 0 Å². The lowest BCUT2D eigenvalue weighted by Gasteiger charge is -2.18. The maximum atomic E-state index is 13.0. The van der Waals surface area contributed by atoms with Crippen LogP contribution in [0.25, 0.3) is 10.9 Å². The summed E-state index contributed by atoms with van der Waals surface area (Å²) in [5.74, 6) is -0.505. The first-order valence-corrected chi connectivity index (χ1v) is 11.3. The lowest BCUT2D eigenvalue weighted by molar-refractivity contribution is -0.123. The predicted molar refractivity (Wildman–Crippen MR) is 134 cm³/mol. The highest BCUT2D eigenvalue weighted by molar-refractivity contribution is 5.96. The smallest absolute Gasteiger partial charge is 0.408 e. The second-order valence-corrected chi connectivity index (χ2v) is 7.99. The van der Waals surface area contributed by atoms with Gasteiger partial charge < -0.3 is 19.8 Å². The molecule has 1 heterocycles. The van der Waals surface area contributed by atoms with E-state index in [1.54, 1.807) is 30.5 Å². The summed E-state index contributed by atoms with van der Waals surface area (Å²) in [6.45, 7) is 0.0578. The van der Waals surface area contributed by atoms with Crippen LogP contribution in [0.15, 0.2) is 85.1 Å². The first-order valence-electron chi connectivity index (χ1n) is 11.3. The Labute approximate surface area is 207 Å². The van der Waals surface area contributed by atoms with E-state index in [0.717, 1.165) is 22.0 Å². The summed E-state index contributed by atoms with van der Waals surface area (Å²) in [4.78, 5) is 41.2. The van der Waals surface area contributed by atoms with Gasteiger partial charge in [0.2, 0.25) is 0 Å². The average molecular weight is 487 g/mol. The van der Waals surface area contributed by atoms with E-state index in [-0.39, 0.29) is 13.0 Å². The van der Waals surface area contributed by atoms with Crippen molar-refractivity contribution in [2.24, 2.45) is 0 Å². The number of rotatable bonds is 8. The number of ether oxygens (including phenoxy) is 2. The third-order valence-corrected chi connectivity index (χ3v) is 5.57. The highest BCUT2D eigenvalue weighted by atomic mass is 16.5. The van der Waals surface area contributed by atoms with Crippen LogP contribution in [0.3, 0.4) is 0 Å². The molecule has 0 radical (unpaired) electrons. The highest BCUT2D eigenvalue weighted by Gasteiger charge is 2.24. The Bertz CT molecular complexity index is 1340. The molecule has 0 fully saturated rings. The fourth-order valence-corrected chi connectivity index (χ4v) is 3.66. The summed E-state index contributed by atoms with van der Waals surface area (Å²) < 4.78 is 10.4. The molecule has 4 rings (SSSR count). The van der Waals surface area contributed by atoms with Gasteiger partial charge in [-0.2, -0.15) is 0 Å². The number of carbonyl (C=O) groups is 3. The number of benzene rings is 3. The van der Waals surface area contributed by atoms with E-state index in [4.69, 9.17) is 9.47 Å². The van der Waals surface area contributed by atoms with Gasteiger partial charge in [-0.25, -0.2) is 4.79 Å². The minimum Gasteiger partial charge on any atom is -0.497 e. The van der Waals surface area contributed by atoms with Gasteiger partial charge in [0, 0.05) is 29.1 Å². The van der Waals surface area contributed by atoms with Crippen LogP contribution >= 0.6 is 0 Å². The molecule has 4 N–H and O–H groups in total. The van der Waals surface area contributed by atoms with Gasteiger partial charge in [-0.3, -0.25) is 20.4 Å². The van der Waals surface area contributed by atoms with Crippen molar-refractivity contribution in [1.29, 1.82) is 0 Å². The van der Waals surface area contributed by atoms with E-state index in [0.29, 0.717) is 11.3 Å². The third kappa shape index (κ3) is 6.20. The Kier molecular flexibility index (Phi) is 7.82. The van der Waals surface area contributed by atoms with Gasteiger partial charge >= 0.3 is 6.09 Å². The number of nitrogens with one attached hydrogen (secondary N) is 4. The molecule has 9 heteroatoms. The molecule has 184 valence electrons. The number of para-hydroxylation sites is 1. The summed E-state index contributed by atoms with van der Waals surface area (Å²) in [6, 6.07) is 22.3. The van der Waals surface area contributed by atoms with Crippen molar-refractivity contribution >= 4 is 28.8 Å². The van der Waals surface area contributed by atoms with E-state index in [2.05, 4.69) is 21.2 Å². The molecule has 0 aliphatic carbocycles. The summed E-state index contributed by atoms with van der Waals surface area (Å²) >= 11 is 0. The average Bonchev–Trinajstić information content (AvgIpc) is 3.33. The van der Waals surface area contributed by atoms with Gasteiger partial charge in [0.25, 0.3) is 11.8 Å². The normalized spacial score (nSPS) is 11.4. The van der Waals surface area contributed by atoms with Crippen molar-refractivity contribution in [1.82, 2.24) is 21.2 Å². The fraction of sp³-hybridized carbons (Fsp3) is 0.148. The van der Waals surface area contributed by atoms with Crippen LogP contribution in [-0.4, -0.2) is 36.0 Å². The largest absolute Gasteiger partial charge is 0.497 e. The minimum absolute atomic E-state index is 0.0578. The number of amides is 3. The van der Waals surface area contributed by atoms with Crippen molar-refractivity contribution in [2.45, 2.75) is 19.1 Å². The topological polar surface area (TPSA) is 122 Å². The number of alkyl carbamates (subject to hydrolysis) is 1. The van der Waals surface area contributed by atoms with E-state index in [9.17, 15) is 14.4 Å². The van der Waals surface area contributed by atoms with Crippen molar-refractivity contribution in [3.8, 4) is 5.75 Å². The first kappa shape index (κ1) is 24.3. The number of hydrogen-bond acceptors (Lipinski definition) is 5. The Morgan fingerprint density at radius 3 is 2.36 bits per heavy atom. The number of aromatic amines is 1. The number of hydrogen-bond donors (Lipinski definition) is 4. The van der Waals surface area contributed by atoms with Gasteiger partial charge in [0.15, 0.2) is 0 Å². The zero-order valence-corrected chi connectivity index (χ0v) is 19.6. The zero-order chi connectivity index (χ0) is 25.3.